The van der Waals surface area contributed by atoms with Crippen LogP contribution in [0, 0.1) is 0 Å². The highest BCUT2D eigenvalue weighted by molar-refractivity contribution is 6.67. The SMILES string of the molecule is CCCCCCC[Si](CCC)(OCC)OCC. The Hall–Kier alpha value is 0.137. The highest BCUT2D eigenvalue weighted by Gasteiger charge is 2.35. The highest BCUT2D eigenvalue weighted by Crippen LogP contribution is 2.24. The van der Waals surface area contributed by atoms with E-state index < -0.39 is 8.56 Å². The van der Waals surface area contributed by atoms with Gasteiger partial charge in [-0.3, -0.25) is 0 Å². The van der Waals surface area contributed by atoms with Crippen LogP contribution in [0.4, 0.5) is 0 Å². The van der Waals surface area contributed by atoms with Crippen molar-refractivity contribution >= 4 is 8.56 Å². The fourth-order valence-corrected chi connectivity index (χ4v) is 5.87. The van der Waals surface area contributed by atoms with E-state index in [0.29, 0.717) is 0 Å². The molecule has 0 aromatic rings. The molecule has 17 heavy (non-hydrogen) atoms. The third-order valence-electron chi connectivity index (χ3n) is 3.11. The molecule has 2 nitrogen and oxygen atoms in total. The van der Waals surface area contributed by atoms with Gasteiger partial charge in [0.1, 0.15) is 0 Å². The average Bonchev–Trinajstić information content (AvgIpc) is 2.30. The predicted molar refractivity (Wildman–Crippen MR) is 77.7 cm³/mol. The molecular formula is C14H32O2Si. The molecule has 3 heteroatoms. The first-order valence-corrected chi connectivity index (χ1v) is 9.75. The van der Waals surface area contributed by atoms with Crippen LogP contribution in [0.3, 0.4) is 0 Å². The minimum Gasteiger partial charge on any atom is -0.394 e. The first-order valence-electron chi connectivity index (χ1n) is 7.52. The number of unbranched alkanes of at least 4 members (excludes halogenated alkanes) is 4. The maximum Gasteiger partial charge on any atom is 0.338 e. The lowest BCUT2D eigenvalue weighted by molar-refractivity contribution is 0.181. The fourth-order valence-electron chi connectivity index (χ4n) is 2.36. The van der Waals surface area contributed by atoms with E-state index in [1.807, 2.05) is 0 Å². The Morgan fingerprint density at radius 2 is 1.24 bits per heavy atom. The van der Waals surface area contributed by atoms with Crippen molar-refractivity contribution in [2.75, 3.05) is 13.2 Å². The Bertz CT molecular complexity index is 145. The Morgan fingerprint density at radius 3 is 1.71 bits per heavy atom. The van der Waals surface area contributed by atoms with Crippen LogP contribution in [0.15, 0.2) is 0 Å². The first kappa shape index (κ1) is 17.1. The van der Waals surface area contributed by atoms with Gasteiger partial charge in [0, 0.05) is 13.2 Å². The summed E-state index contributed by atoms with van der Waals surface area (Å²) in [6.45, 7) is 10.3. The quantitative estimate of drug-likeness (QED) is 0.368. The van der Waals surface area contributed by atoms with E-state index in [2.05, 4.69) is 27.7 Å². The molecule has 0 bridgehead atoms. The normalized spacial score (nSPS) is 12.0. The molecule has 0 saturated heterocycles. The maximum atomic E-state index is 6.03. The van der Waals surface area contributed by atoms with Crippen molar-refractivity contribution in [3.63, 3.8) is 0 Å². The number of hydrogen-bond donors (Lipinski definition) is 0. The number of hydrogen-bond acceptors (Lipinski definition) is 2. The molecule has 0 aromatic heterocycles. The van der Waals surface area contributed by atoms with Gasteiger partial charge in [-0.15, -0.1) is 0 Å². The van der Waals surface area contributed by atoms with E-state index in [1.165, 1.54) is 44.6 Å². The van der Waals surface area contributed by atoms with Gasteiger partial charge in [-0.05, 0) is 25.9 Å². The van der Waals surface area contributed by atoms with Gasteiger partial charge >= 0.3 is 8.56 Å². The molecule has 0 aliphatic carbocycles. The Balaban J connectivity index is 4.05. The zero-order chi connectivity index (χ0) is 13.0. The minimum absolute atomic E-state index is 0.807. The van der Waals surface area contributed by atoms with E-state index in [4.69, 9.17) is 8.85 Å². The molecule has 0 radical (unpaired) electrons. The summed E-state index contributed by atoms with van der Waals surface area (Å²) < 4.78 is 12.1. The predicted octanol–water partition coefficient (Wildman–Crippen LogP) is 4.88. The second-order valence-corrected chi connectivity index (χ2v) is 8.09. The lowest BCUT2D eigenvalue weighted by atomic mass is 10.2. The molecule has 0 N–H and O–H groups in total. The third-order valence-corrected chi connectivity index (χ3v) is 7.11. The van der Waals surface area contributed by atoms with Gasteiger partial charge in [0.2, 0.25) is 0 Å². The molecule has 0 aliphatic heterocycles. The summed E-state index contributed by atoms with van der Waals surface area (Å²) in [6.07, 6.45) is 7.85. The summed E-state index contributed by atoms with van der Waals surface area (Å²) in [5.74, 6) is 0. The van der Waals surface area contributed by atoms with Crippen molar-refractivity contribution in [2.24, 2.45) is 0 Å². The van der Waals surface area contributed by atoms with Gasteiger partial charge in [-0.1, -0.05) is 52.4 Å². The first-order chi connectivity index (χ1) is 8.24. The molecule has 104 valence electrons. The molecule has 0 atom stereocenters. The van der Waals surface area contributed by atoms with Crippen molar-refractivity contribution in [1.82, 2.24) is 0 Å². The van der Waals surface area contributed by atoms with Gasteiger partial charge in [0.25, 0.3) is 0 Å². The average molecular weight is 260 g/mol. The number of rotatable bonds is 12. The minimum atomic E-state index is -1.86. The van der Waals surface area contributed by atoms with E-state index in [1.54, 1.807) is 0 Å². The van der Waals surface area contributed by atoms with Gasteiger partial charge in [0.05, 0.1) is 0 Å². The molecule has 0 aromatic carbocycles. The van der Waals surface area contributed by atoms with Crippen molar-refractivity contribution in [2.45, 2.75) is 78.3 Å². The summed E-state index contributed by atoms with van der Waals surface area (Å²) in [7, 11) is -1.86. The maximum absolute atomic E-state index is 6.03. The van der Waals surface area contributed by atoms with Gasteiger partial charge in [-0.2, -0.15) is 0 Å². The van der Waals surface area contributed by atoms with Crippen LogP contribution in [0.1, 0.15) is 66.2 Å². The molecule has 0 aliphatic rings. The Kier molecular flexibility index (Phi) is 11.3. The lowest BCUT2D eigenvalue weighted by Gasteiger charge is -2.29. The standard InChI is InChI=1S/C14H32O2Si/c1-5-9-10-11-12-14-17(13-6-2,15-7-3)16-8-4/h5-14H2,1-4H3. The molecule has 0 fully saturated rings. The zero-order valence-corrected chi connectivity index (χ0v) is 13.4. The van der Waals surface area contributed by atoms with Gasteiger partial charge in [0.15, 0.2) is 0 Å². The van der Waals surface area contributed by atoms with Crippen molar-refractivity contribution in [3.05, 3.63) is 0 Å². The monoisotopic (exact) mass is 260 g/mol. The van der Waals surface area contributed by atoms with Crippen molar-refractivity contribution in [1.29, 1.82) is 0 Å². The fraction of sp³-hybridized carbons (Fsp3) is 1.00. The zero-order valence-electron chi connectivity index (χ0n) is 12.4. The molecule has 0 heterocycles. The van der Waals surface area contributed by atoms with Crippen LogP contribution in [0.2, 0.25) is 12.1 Å². The molecule has 0 saturated carbocycles. The summed E-state index contributed by atoms with van der Waals surface area (Å²) >= 11 is 0. The van der Waals surface area contributed by atoms with Crippen LogP contribution >= 0.6 is 0 Å². The summed E-state index contributed by atoms with van der Waals surface area (Å²) in [4.78, 5) is 0. The van der Waals surface area contributed by atoms with E-state index >= 15 is 0 Å². The summed E-state index contributed by atoms with van der Waals surface area (Å²) in [6, 6.07) is 2.34. The third kappa shape index (κ3) is 7.95. The van der Waals surface area contributed by atoms with Gasteiger partial charge < -0.3 is 8.85 Å². The molecular weight excluding hydrogens is 228 g/mol. The van der Waals surface area contributed by atoms with Gasteiger partial charge in [-0.25, -0.2) is 0 Å². The van der Waals surface area contributed by atoms with Crippen LogP contribution in [-0.2, 0) is 8.85 Å². The summed E-state index contributed by atoms with van der Waals surface area (Å²) in [5, 5.41) is 0. The Labute approximate surface area is 109 Å². The largest absolute Gasteiger partial charge is 0.394 e. The lowest BCUT2D eigenvalue weighted by Crippen LogP contribution is -2.42. The van der Waals surface area contributed by atoms with E-state index in [0.717, 1.165) is 19.3 Å². The topological polar surface area (TPSA) is 18.5 Å². The smallest absolute Gasteiger partial charge is 0.338 e. The van der Waals surface area contributed by atoms with Crippen molar-refractivity contribution < 1.29 is 8.85 Å². The van der Waals surface area contributed by atoms with Crippen LogP contribution in [0.25, 0.3) is 0 Å². The van der Waals surface area contributed by atoms with E-state index in [-0.39, 0.29) is 0 Å². The van der Waals surface area contributed by atoms with Crippen LogP contribution in [0.5, 0.6) is 0 Å². The van der Waals surface area contributed by atoms with Crippen LogP contribution in [-0.4, -0.2) is 21.8 Å². The van der Waals surface area contributed by atoms with Crippen LogP contribution < -0.4 is 0 Å². The highest BCUT2D eigenvalue weighted by atomic mass is 28.4. The molecule has 0 amide bonds. The van der Waals surface area contributed by atoms with Crippen molar-refractivity contribution in [3.8, 4) is 0 Å². The Morgan fingerprint density at radius 1 is 0.647 bits per heavy atom. The second kappa shape index (κ2) is 11.2. The van der Waals surface area contributed by atoms with E-state index in [9.17, 15) is 0 Å². The summed E-state index contributed by atoms with van der Waals surface area (Å²) in [5.41, 5.74) is 0. The molecule has 0 rings (SSSR count). The second-order valence-electron chi connectivity index (χ2n) is 4.69. The molecule has 0 unspecified atom stereocenters. The molecule has 0 spiro atoms.